The third-order valence-corrected chi connectivity index (χ3v) is 3.68. The van der Waals surface area contributed by atoms with Crippen molar-refractivity contribution in [2.45, 2.75) is 32.7 Å². The van der Waals surface area contributed by atoms with E-state index in [1.807, 2.05) is 46.1 Å². The van der Waals surface area contributed by atoms with Crippen LogP contribution in [0.25, 0.3) is 0 Å². The Balaban J connectivity index is 2.98. The molecule has 1 aromatic carbocycles. The molecule has 0 heterocycles. The first-order valence-corrected chi connectivity index (χ1v) is 6.83. The maximum atomic E-state index is 11.7. The summed E-state index contributed by atoms with van der Waals surface area (Å²) in [5.41, 5.74) is 0.922. The summed E-state index contributed by atoms with van der Waals surface area (Å²) in [4.78, 5) is 13.9. The zero-order chi connectivity index (χ0) is 14.5. The van der Waals surface area contributed by atoms with E-state index in [2.05, 4.69) is 24.0 Å². The predicted molar refractivity (Wildman–Crippen MR) is 77.9 cm³/mol. The molecule has 0 aliphatic heterocycles. The Hall–Kier alpha value is -1.35. The van der Waals surface area contributed by atoms with Gasteiger partial charge >= 0.3 is 5.97 Å². The van der Waals surface area contributed by atoms with Crippen LogP contribution < -0.4 is 0 Å². The standard InChI is InChI=1S/C16H25NO2/c1-6-16(17(4)5,12-19-15(18)13(2)3)14-10-8-7-9-11-14/h7-11,13H,6,12H2,1-5H3. The SMILES string of the molecule is CCC(COC(=O)C(C)C)(c1ccccc1)N(C)C. The van der Waals surface area contributed by atoms with Gasteiger partial charge in [0, 0.05) is 0 Å². The van der Waals surface area contributed by atoms with E-state index in [-0.39, 0.29) is 17.4 Å². The Labute approximate surface area is 116 Å². The molecular formula is C16H25NO2. The zero-order valence-corrected chi connectivity index (χ0v) is 12.6. The third kappa shape index (κ3) is 3.57. The predicted octanol–water partition coefficient (Wildman–Crippen LogP) is 3.05. The fourth-order valence-corrected chi connectivity index (χ4v) is 2.20. The van der Waals surface area contributed by atoms with E-state index >= 15 is 0 Å². The summed E-state index contributed by atoms with van der Waals surface area (Å²) >= 11 is 0. The van der Waals surface area contributed by atoms with Crippen LogP contribution in [0.5, 0.6) is 0 Å². The topological polar surface area (TPSA) is 29.5 Å². The van der Waals surface area contributed by atoms with E-state index in [1.54, 1.807) is 0 Å². The molecule has 0 N–H and O–H groups in total. The molecule has 0 fully saturated rings. The first-order chi connectivity index (χ1) is 8.94. The second-order valence-corrected chi connectivity index (χ2v) is 5.41. The second-order valence-electron chi connectivity index (χ2n) is 5.41. The molecule has 0 saturated heterocycles. The number of benzene rings is 1. The molecule has 19 heavy (non-hydrogen) atoms. The molecule has 0 aliphatic rings. The largest absolute Gasteiger partial charge is 0.463 e. The van der Waals surface area contributed by atoms with Crippen molar-refractivity contribution in [1.82, 2.24) is 4.90 Å². The van der Waals surface area contributed by atoms with Gasteiger partial charge < -0.3 is 4.74 Å². The smallest absolute Gasteiger partial charge is 0.308 e. The fourth-order valence-electron chi connectivity index (χ4n) is 2.20. The van der Waals surface area contributed by atoms with Gasteiger partial charge in [0.25, 0.3) is 0 Å². The number of esters is 1. The highest BCUT2D eigenvalue weighted by Crippen LogP contribution is 2.30. The van der Waals surface area contributed by atoms with Gasteiger partial charge in [-0.1, -0.05) is 51.1 Å². The van der Waals surface area contributed by atoms with Gasteiger partial charge in [-0.25, -0.2) is 0 Å². The first kappa shape index (κ1) is 15.7. The van der Waals surface area contributed by atoms with Crippen molar-refractivity contribution in [2.24, 2.45) is 5.92 Å². The van der Waals surface area contributed by atoms with Crippen LogP contribution in [0.1, 0.15) is 32.8 Å². The highest BCUT2D eigenvalue weighted by Gasteiger charge is 2.34. The molecule has 106 valence electrons. The van der Waals surface area contributed by atoms with Gasteiger partial charge in [-0.2, -0.15) is 0 Å². The lowest BCUT2D eigenvalue weighted by Gasteiger charge is -2.39. The van der Waals surface area contributed by atoms with Crippen LogP contribution >= 0.6 is 0 Å². The van der Waals surface area contributed by atoms with Gasteiger partial charge in [0.1, 0.15) is 6.61 Å². The van der Waals surface area contributed by atoms with Crippen molar-refractivity contribution in [3.63, 3.8) is 0 Å². The molecule has 0 amide bonds. The quantitative estimate of drug-likeness (QED) is 0.739. The van der Waals surface area contributed by atoms with Crippen LogP contribution in [-0.4, -0.2) is 31.6 Å². The summed E-state index contributed by atoms with van der Waals surface area (Å²) in [6, 6.07) is 10.2. The fraction of sp³-hybridized carbons (Fsp3) is 0.562. The monoisotopic (exact) mass is 263 g/mol. The first-order valence-electron chi connectivity index (χ1n) is 6.83. The molecule has 1 rings (SSSR count). The van der Waals surface area contributed by atoms with Crippen molar-refractivity contribution in [3.05, 3.63) is 35.9 Å². The normalized spacial score (nSPS) is 14.5. The number of hydrogen-bond donors (Lipinski definition) is 0. The average molecular weight is 263 g/mol. The minimum Gasteiger partial charge on any atom is -0.463 e. The van der Waals surface area contributed by atoms with E-state index in [4.69, 9.17) is 4.74 Å². The minimum atomic E-state index is -0.258. The molecular weight excluding hydrogens is 238 g/mol. The highest BCUT2D eigenvalue weighted by molar-refractivity contribution is 5.71. The number of likely N-dealkylation sites (N-methyl/N-ethyl adjacent to an activating group) is 1. The van der Waals surface area contributed by atoms with E-state index in [9.17, 15) is 4.79 Å². The van der Waals surface area contributed by atoms with Gasteiger partial charge in [-0.05, 0) is 26.1 Å². The summed E-state index contributed by atoms with van der Waals surface area (Å²) in [6.45, 7) is 6.22. The zero-order valence-electron chi connectivity index (χ0n) is 12.6. The summed E-state index contributed by atoms with van der Waals surface area (Å²) in [7, 11) is 4.05. The molecule has 0 radical (unpaired) electrons. The lowest BCUT2D eigenvalue weighted by Crippen LogP contribution is -2.45. The van der Waals surface area contributed by atoms with Crippen molar-refractivity contribution >= 4 is 5.97 Å². The molecule has 1 atom stereocenters. The van der Waals surface area contributed by atoms with Crippen molar-refractivity contribution in [2.75, 3.05) is 20.7 Å². The molecule has 3 heteroatoms. The van der Waals surface area contributed by atoms with Crippen molar-refractivity contribution in [1.29, 1.82) is 0 Å². The summed E-state index contributed by atoms with van der Waals surface area (Å²) < 4.78 is 5.49. The maximum Gasteiger partial charge on any atom is 0.308 e. The Kier molecular flexibility index (Phi) is 5.55. The Bertz CT molecular complexity index is 400. The van der Waals surface area contributed by atoms with Crippen LogP contribution in [-0.2, 0) is 15.1 Å². The van der Waals surface area contributed by atoms with E-state index in [1.165, 1.54) is 5.56 Å². The van der Waals surface area contributed by atoms with Gasteiger partial charge in [0.05, 0.1) is 11.5 Å². The lowest BCUT2D eigenvalue weighted by molar-refractivity contribution is -0.151. The number of ether oxygens (including phenoxy) is 1. The van der Waals surface area contributed by atoms with Crippen LogP contribution in [0.15, 0.2) is 30.3 Å². The Morgan fingerprint density at radius 3 is 2.26 bits per heavy atom. The van der Waals surface area contributed by atoms with E-state index < -0.39 is 0 Å². The van der Waals surface area contributed by atoms with E-state index in [0.29, 0.717) is 6.61 Å². The van der Waals surface area contributed by atoms with Crippen LogP contribution in [0.4, 0.5) is 0 Å². The molecule has 0 aliphatic carbocycles. The number of carbonyl (C=O) groups excluding carboxylic acids is 1. The van der Waals surface area contributed by atoms with Crippen molar-refractivity contribution in [3.8, 4) is 0 Å². The number of carbonyl (C=O) groups is 1. The van der Waals surface area contributed by atoms with Gasteiger partial charge in [-0.3, -0.25) is 9.69 Å². The Morgan fingerprint density at radius 1 is 1.26 bits per heavy atom. The van der Waals surface area contributed by atoms with Crippen LogP contribution in [0, 0.1) is 5.92 Å². The summed E-state index contributed by atoms with van der Waals surface area (Å²) in [5, 5.41) is 0. The maximum absolute atomic E-state index is 11.7. The molecule has 1 unspecified atom stereocenters. The van der Waals surface area contributed by atoms with Crippen molar-refractivity contribution < 1.29 is 9.53 Å². The second kappa shape index (κ2) is 6.71. The Morgan fingerprint density at radius 2 is 1.84 bits per heavy atom. The number of nitrogens with zero attached hydrogens (tertiary/aromatic N) is 1. The van der Waals surface area contributed by atoms with Gasteiger partial charge in [-0.15, -0.1) is 0 Å². The molecule has 1 aromatic rings. The third-order valence-electron chi connectivity index (χ3n) is 3.68. The number of hydrogen-bond acceptors (Lipinski definition) is 3. The van der Waals surface area contributed by atoms with E-state index in [0.717, 1.165) is 6.42 Å². The average Bonchev–Trinajstić information content (AvgIpc) is 2.40. The molecule has 0 bridgehead atoms. The molecule has 0 aromatic heterocycles. The molecule has 3 nitrogen and oxygen atoms in total. The molecule has 0 spiro atoms. The molecule has 0 saturated carbocycles. The van der Waals surface area contributed by atoms with Crippen LogP contribution in [0.3, 0.4) is 0 Å². The summed E-state index contributed by atoms with van der Waals surface area (Å²) in [5.74, 6) is -0.233. The number of rotatable bonds is 6. The lowest BCUT2D eigenvalue weighted by atomic mass is 9.86. The van der Waals surface area contributed by atoms with Gasteiger partial charge in [0.15, 0.2) is 0 Å². The summed E-state index contributed by atoms with van der Waals surface area (Å²) in [6.07, 6.45) is 0.884. The van der Waals surface area contributed by atoms with Gasteiger partial charge in [0.2, 0.25) is 0 Å². The minimum absolute atomic E-state index is 0.0903. The van der Waals surface area contributed by atoms with Crippen LogP contribution in [0.2, 0.25) is 0 Å². The highest BCUT2D eigenvalue weighted by atomic mass is 16.5.